The van der Waals surface area contributed by atoms with Gasteiger partial charge in [0.15, 0.2) is 0 Å². The van der Waals surface area contributed by atoms with E-state index in [4.69, 9.17) is 9.68 Å². The van der Waals surface area contributed by atoms with Gasteiger partial charge >= 0.3 is 0 Å². The molecule has 1 unspecified atom stereocenters. The minimum atomic E-state index is -0.560. The highest BCUT2D eigenvalue weighted by molar-refractivity contribution is 5.79. The molecule has 108 valence electrons. The van der Waals surface area contributed by atoms with E-state index in [1.807, 2.05) is 24.3 Å². The minimum Gasteiger partial charge on any atom is -0.467 e. The van der Waals surface area contributed by atoms with E-state index in [-0.39, 0.29) is 25.4 Å². The van der Waals surface area contributed by atoms with Gasteiger partial charge in [-0.05, 0) is 23.3 Å². The third kappa shape index (κ3) is 3.94. The first-order valence-electron chi connectivity index (χ1n) is 6.62. The van der Waals surface area contributed by atoms with Crippen molar-refractivity contribution in [2.24, 2.45) is 0 Å². The normalized spacial score (nSPS) is 11.6. The van der Waals surface area contributed by atoms with Crippen LogP contribution in [0.25, 0.3) is 0 Å². The molecular weight excluding hydrogens is 268 g/mol. The predicted molar refractivity (Wildman–Crippen MR) is 76.1 cm³/mol. The third-order valence-corrected chi connectivity index (χ3v) is 3.14. The summed E-state index contributed by atoms with van der Waals surface area (Å²) in [6, 6.07) is 12.3. The fraction of sp³-hybridized carbons (Fsp3) is 0.250. The maximum Gasteiger partial charge on any atom is 0.225 e. The molecule has 1 atom stereocenters. The number of nitrogens with one attached hydrogen (secondary N) is 1. The molecule has 0 saturated carbocycles. The number of benzene rings is 1. The van der Waals surface area contributed by atoms with E-state index in [2.05, 4.69) is 11.4 Å². The first kappa shape index (κ1) is 14.8. The molecule has 2 N–H and O–H groups in total. The van der Waals surface area contributed by atoms with E-state index in [0.717, 1.165) is 11.1 Å². The lowest BCUT2D eigenvalue weighted by Gasteiger charge is -2.14. The number of nitrogens with zero attached hydrogens (tertiary/aromatic N) is 1. The summed E-state index contributed by atoms with van der Waals surface area (Å²) < 4.78 is 5.18. The molecule has 5 nitrogen and oxygen atoms in total. The van der Waals surface area contributed by atoms with Gasteiger partial charge in [0.2, 0.25) is 5.91 Å². The number of nitriles is 1. The van der Waals surface area contributed by atoms with Gasteiger partial charge in [0.05, 0.1) is 31.8 Å². The predicted octanol–water partition coefficient (Wildman–Crippen LogP) is 1.74. The second-order valence-corrected chi connectivity index (χ2v) is 4.60. The number of furan rings is 1. The maximum absolute atomic E-state index is 12.1. The van der Waals surface area contributed by atoms with Gasteiger partial charge in [-0.15, -0.1) is 0 Å². The zero-order valence-electron chi connectivity index (χ0n) is 11.5. The van der Waals surface area contributed by atoms with E-state index >= 15 is 0 Å². The van der Waals surface area contributed by atoms with Gasteiger partial charge in [-0.1, -0.05) is 24.3 Å². The topological polar surface area (TPSA) is 86.3 Å². The summed E-state index contributed by atoms with van der Waals surface area (Å²) in [7, 11) is 0. The molecule has 2 rings (SSSR count). The van der Waals surface area contributed by atoms with E-state index < -0.39 is 6.04 Å². The van der Waals surface area contributed by atoms with Gasteiger partial charge < -0.3 is 14.8 Å². The van der Waals surface area contributed by atoms with Crippen LogP contribution in [0, 0.1) is 11.3 Å². The molecule has 1 aromatic heterocycles. The highest BCUT2D eigenvalue weighted by atomic mass is 16.3. The third-order valence-electron chi connectivity index (χ3n) is 3.14. The van der Waals surface area contributed by atoms with Gasteiger partial charge in [0, 0.05) is 0 Å². The van der Waals surface area contributed by atoms with Crippen LogP contribution in [0.4, 0.5) is 0 Å². The number of carbonyl (C=O) groups is 1. The Morgan fingerprint density at radius 3 is 2.67 bits per heavy atom. The number of hydrogen-bond acceptors (Lipinski definition) is 4. The Bertz CT molecular complexity index is 629. The molecule has 0 aliphatic heterocycles. The summed E-state index contributed by atoms with van der Waals surface area (Å²) in [4.78, 5) is 12.1. The van der Waals surface area contributed by atoms with E-state index in [9.17, 15) is 9.90 Å². The van der Waals surface area contributed by atoms with Crippen LogP contribution in [0.5, 0.6) is 0 Å². The molecule has 0 radical (unpaired) electrons. The van der Waals surface area contributed by atoms with Crippen LogP contribution in [0.15, 0.2) is 47.1 Å². The van der Waals surface area contributed by atoms with Crippen LogP contribution in [-0.2, 0) is 17.6 Å². The molecule has 5 heteroatoms. The van der Waals surface area contributed by atoms with Crippen LogP contribution < -0.4 is 5.32 Å². The van der Waals surface area contributed by atoms with Gasteiger partial charge in [0.1, 0.15) is 11.8 Å². The smallest absolute Gasteiger partial charge is 0.225 e. The second kappa shape index (κ2) is 7.27. The number of hydrogen-bond donors (Lipinski definition) is 2. The lowest BCUT2D eigenvalue weighted by molar-refractivity contribution is -0.121. The standard InChI is InChI=1S/C16H16N2O3/c17-8-7-12-4-1-2-5-13(12)10-16(20)18-14(11-19)15-6-3-9-21-15/h1-6,9,14,19H,7,10-11H2,(H,18,20). The molecule has 0 aliphatic carbocycles. The summed E-state index contributed by atoms with van der Waals surface area (Å²) in [5, 5.41) is 20.8. The molecule has 0 spiro atoms. The summed E-state index contributed by atoms with van der Waals surface area (Å²) in [5.41, 5.74) is 1.65. The lowest BCUT2D eigenvalue weighted by atomic mass is 10.0. The van der Waals surface area contributed by atoms with Crippen LogP contribution in [0.1, 0.15) is 22.9 Å². The van der Waals surface area contributed by atoms with E-state index in [1.54, 1.807) is 12.1 Å². The summed E-state index contributed by atoms with van der Waals surface area (Å²) >= 11 is 0. The molecule has 0 aliphatic rings. The van der Waals surface area contributed by atoms with Crippen molar-refractivity contribution in [2.45, 2.75) is 18.9 Å². The number of aliphatic hydroxyl groups is 1. The fourth-order valence-corrected chi connectivity index (χ4v) is 2.10. The Hall–Kier alpha value is -2.58. The quantitative estimate of drug-likeness (QED) is 0.846. The Labute approximate surface area is 122 Å². The van der Waals surface area contributed by atoms with Crippen molar-refractivity contribution in [3.8, 4) is 6.07 Å². The molecule has 1 amide bonds. The Kier molecular flexibility index (Phi) is 5.13. The number of carbonyl (C=O) groups excluding carboxylic acids is 1. The molecule has 2 aromatic rings. The van der Waals surface area contributed by atoms with Crippen molar-refractivity contribution in [2.75, 3.05) is 6.61 Å². The monoisotopic (exact) mass is 284 g/mol. The van der Waals surface area contributed by atoms with Crippen LogP contribution in [0.2, 0.25) is 0 Å². The Morgan fingerprint density at radius 2 is 2.05 bits per heavy atom. The lowest BCUT2D eigenvalue weighted by Crippen LogP contribution is -2.31. The summed E-state index contributed by atoms with van der Waals surface area (Å²) in [6.45, 7) is -0.237. The van der Waals surface area contributed by atoms with Crippen LogP contribution in [0.3, 0.4) is 0 Å². The van der Waals surface area contributed by atoms with Crippen molar-refractivity contribution in [1.29, 1.82) is 5.26 Å². The summed E-state index contributed by atoms with van der Waals surface area (Å²) in [5.74, 6) is 0.284. The molecule has 1 heterocycles. The van der Waals surface area contributed by atoms with Crippen molar-refractivity contribution in [1.82, 2.24) is 5.32 Å². The maximum atomic E-state index is 12.1. The van der Waals surface area contributed by atoms with Crippen molar-refractivity contribution in [3.63, 3.8) is 0 Å². The van der Waals surface area contributed by atoms with Gasteiger partial charge in [-0.2, -0.15) is 5.26 Å². The number of aliphatic hydroxyl groups excluding tert-OH is 1. The molecular formula is C16H16N2O3. The van der Waals surface area contributed by atoms with E-state index in [0.29, 0.717) is 5.76 Å². The zero-order valence-corrected chi connectivity index (χ0v) is 11.5. The molecule has 0 bridgehead atoms. The average Bonchev–Trinajstić information content (AvgIpc) is 3.01. The SMILES string of the molecule is N#CCc1ccccc1CC(=O)NC(CO)c1ccco1. The molecule has 21 heavy (non-hydrogen) atoms. The highest BCUT2D eigenvalue weighted by Gasteiger charge is 2.17. The number of rotatable bonds is 6. The van der Waals surface area contributed by atoms with Gasteiger partial charge in [0.25, 0.3) is 0 Å². The van der Waals surface area contributed by atoms with Crippen molar-refractivity contribution in [3.05, 3.63) is 59.5 Å². The first-order valence-corrected chi connectivity index (χ1v) is 6.62. The zero-order chi connectivity index (χ0) is 15.1. The second-order valence-electron chi connectivity index (χ2n) is 4.60. The van der Waals surface area contributed by atoms with Crippen LogP contribution >= 0.6 is 0 Å². The molecule has 0 fully saturated rings. The Balaban J connectivity index is 2.03. The van der Waals surface area contributed by atoms with Crippen LogP contribution in [-0.4, -0.2) is 17.6 Å². The van der Waals surface area contributed by atoms with E-state index in [1.165, 1.54) is 6.26 Å². The Morgan fingerprint density at radius 1 is 1.29 bits per heavy atom. The molecule has 1 aromatic carbocycles. The van der Waals surface area contributed by atoms with Crippen molar-refractivity contribution >= 4 is 5.91 Å². The fourth-order valence-electron chi connectivity index (χ4n) is 2.10. The largest absolute Gasteiger partial charge is 0.467 e. The van der Waals surface area contributed by atoms with Gasteiger partial charge in [-0.3, -0.25) is 4.79 Å². The van der Waals surface area contributed by atoms with Crippen molar-refractivity contribution < 1.29 is 14.3 Å². The van der Waals surface area contributed by atoms with Gasteiger partial charge in [-0.25, -0.2) is 0 Å². The number of amides is 1. The summed E-state index contributed by atoms with van der Waals surface area (Å²) in [6.07, 6.45) is 1.92. The highest BCUT2D eigenvalue weighted by Crippen LogP contribution is 2.14. The minimum absolute atomic E-state index is 0.162. The first-order chi connectivity index (χ1) is 10.2. The molecule has 0 saturated heterocycles. The average molecular weight is 284 g/mol.